The van der Waals surface area contributed by atoms with Crippen LogP contribution in [0.25, 0.3) is 10.8 Å². The molecule has 25 heavy (non-hydrogen) atoms. The summed E-state index contributed by atoms with van der Waals surface area (Å²) in [5.41, 5.74) is 5.83. The lowest BCUT2D eigenvalue weighted by Gasteiger charge is -2.10. The van der Waals surface area contributed by atoms with Gasteiger partial charge in [0, 0.05) is 0 Å². The summed E-state index contributed by atoms with van der Waals surface area (Å²) in [5, 5.41) is 2.48. The lowest BCUT2D eigenvalue weighted by atomic mass is 10.0. The Bertz CT molecular complexity index is 952. The zero-order valence-corrected chi connectivity index (χ0v) is 14.6. The van der Waals surface area contributed by atoms with Crippen LogP contribution in [0.1, 0.15) is 15.9 Å². The number of amides is 2. The molecule has 126 valence electrons. The highest BCUT2D eigenvalue weighted by atomic mass is 35.5. The third kappa shape index (κ3) is 3.92. The van der Waals surface area contributed by atoms with Gasteiger partial charge in [-0.15, -0.1) is 0 Å². The topological polar surface area (TPSA) is 58.2 Å². The third-order valence-electron chi connectivity index (χ3n) is 3.74. The lowest BCUT2D eigenvalue weighted by Crippen LogP contribution is -2.42. The zero-order valence-electron chi connectivity index (χ0n) is 13.1. The first-order chi connectivity index (χ1) is 12.1. The predicted octanol–water partition coefficient (Wildman–Crippen LogP) is 4.15. The van der Waals surface area contributed by atoms with Gasteiger partial charge in [-0.3, -0.25) is 20.4 Å². The van der Waals surface area contributed by atoms with Crippen LogP contribution >= 0.6 is 23.2 Å². The highest BCUT2D eigenvalue weighted by Gasteiger charge is 2.14. The van der Waals surface area contributed by atoms with E-state index in [2.05, 4.69) is 10.9 Å². The molecule has 0 heterocycles. The van der Waals surface area contributed by atoms with Crippen LogP contribution in [-0.4, -0.2) is 11.8 Å². The summed E-state index contributed by atoms with van der Waals surface area (Å²) >= 11 is 11.9. The quantitative estimate of drug-likeness (QED) is 0.678. The van der Waals surface area contributed by atoms with E-state index in [9.17, 15) is 9.59 Å². The first-order valence-electron chi connectivity index (χ1n) is 7.56. The highest BCUT2D eigenvalue weighted by Crippen LogP contribution is 2.25. The van der Waals surface area contributed by atoms with Crippen molar-refractivity contribution in [3.8, 4) is 0 Å². The van der Waals surface area contributed by atoms with E-state index < -0.39 is 5.91 Å². The minimum Gasteiger partial charge on any atom is -0.273 e. The van der Waals surface area contributed by atoms with Crippen LogP contribution in [0.3, 0.4) is 0 Å². The summed E-state index contributed by atoms with van der Waals surface area (Å²) in [6, 6.07) is 18.3. The summed E-state index contributed by atoms with van der Waals surface area (Å²) in [7, 11) is 0. The SMILES string of the molecule is O=C(Cc1cccc2ccccc12)NNC(=O)c1cccc(Cl)c1Cl. The van der Waals surface area contributed by atoms with Crippen LogP contribution in [0.5, 0.6) is 0 Å². The maximum Gasteiger partial charge on any atom is 0.271 e. The second-order valence-electron chi connectivity index (χ2n) is 5.42. The van der Waals surface area contributed by atoms with Crippen molar-refractivity contribution >= 4 is 45.8 Å². The fourth-order valence-corrected chi connectivity index (χ4v) is 2.92. The predicted molar refractivity (Wildman–Crippen MR) is 99.7 cm³/mol. The summed E-state index contributed by atoms with van der Waals surface area (Å²) in [6.45, 7) is 0. The van der Waals surface area contributed by atoms with E-state index in [-0.39, 0.29) is 27.9 Å². The number of hydrogen-bond donors (Lipinski definition) is 2. The van der Waals surface area contributed by atoms with Crippen molar-refractivity contribution in [2.24, 2.45) is 0 Å². The highest BCUT2D eigenvalue weighted by molar-refractivity contribution is 6.43. The lowest BCUT2D eigenvalue weighted by molar-refractivity contribution is -0.121. The summed E-state index contributed by atoms with van der Waals surface area (Å²) in [5.74, 6) is -0.860. The van der Waals surface area contributed by atoms with Gasteiger partial charge in [0.2, 0.25) is 5.91 Å². The normalized spacial score (nSPS) is 10.5. The van der Waals surface area contributed by atoms with E-state index in [4.69, 9.17) is 23.2 Å². The van der Waals surface area contributed by atoms with Crippen molar-refractivity contribution in [1.82, 2.24) is 10.9 Å². The first kappa shape index (κ1) is 17.3. The molecule has 0 radical (unpaired) electrons. The zero-order chi connectivity index (χ0) is 17.8. The summed E-state index contributed by atoms with van der Waals surface area (Å²) in [4.78, 5) is 24.3. The number of hydrogen-bond acceptors (Lipinski definition) is 2. The Labute approximate surface area is 154 Å². The molecule has 6 heteroatoms. The van der Waals surface area contributed by atoms with Crippen LogP contribution in [0.15, 0.2) is 60.7 Å². The standard InChI is InChI=1S/C19H14Cl2N2O2/c20-16-10-4-9-15(18(16)21)19(25)23-22-17(24)11-13-7-3-6-12-5-1-2-8-14(12)13/h1-10H,11H2,(H,22,24)(H,23,25). The molecule has 3 rings (SSSR count). The van der Waals surface area contributed by atoms with Gasteiger partial charge < -0.3 is 0 Å². The van der Waals surface area contributed by atoms with Gasteiger partial charge in [0.1, 0.15) is 0 Å². The van der Waals surface area contributed by atoms with Crippen molar-refractivity contribution in [1.29, 1.82) is 0 Å². The molecular weight excluding hydrogens is 359 g/mol. The number of benzene rings is 3. The van der Waals surface area contributed by atoms with Gasteiger partial charge >= 0.3 is 0 Å². The molecule has 0 fully saturated rings. The number of carbonyl (C=O) groups excluding carboxylic acids is 2. The molecule has 3 aromatic rings. The van der Waals surface area contributed by atoms with E-state index in [1.807, 2.05) is 42.5 Å². The largest absolute Gasteiger partial charge is 0.273 e. The second-order valence-corrected chi connectivity index (χ2v) is 6.20. The van der Waals surface area contributed by atoms with Gasteiger partial charge in [-0.05, 0) is 28.5 Å². The molecule has 0 aliphatic rings. The number of nitrogens with one attached hydrogen (secondary N) is 2. The Morgan fingerprint density at radius 1 is 0.840 bits per heavy atom. The molecule has 0 bridgehead atoms. The van der Waals surface area contributed by atoms with Gasteiger partial charge in [0.25, 0.3) is 5.91 Å². The molecule has 4 nitrogen and oxygen atoms in total. The Morgan fingerprint density at radius 3 is 2.40 bits per heavy atom. The average Bonchev–Trinajstić information content (AvgIpc) is 2.62. The minimum absolute atomic E-state index is 0.143. The Balaban J connectivity index is 1.67. The summed E-state index contributed by atoms with van der Waals surface area (Å²) in [6.07, 6.45) is 0.144. The molecule has 0 saturated heterocycles. The van der Waals surface area contributed by atoms with Crippen LogP contribution < -0.4 is 10.9 Å². The molecule has 2 amide bonds. The van der Waals surface area contributed by atoms with Gasteiger partial charge in [-0.1, -0.05) is 71.7 Å². The Kier molecular flexibility index (Phi) is 5.22. The van der Waals surface area contributed by atoms with Crippen LogP contribution in [0, 0.1) is 0 Å². The van der Waals surface area contributed by atoms with Gasteiger partial charge in [0.05, 0.1) is 22.0 Å². The average molecular weight is 373 g/mol. The fourth-order valence-electron chi connectivity index (χ4n) is 2.54. The fraction of sp³-hybridized carbons (Fsp3) is 0.0526. The van der Waals surface area contributed by atoms with Crippen molar-refractivity contribution < 1.29 is 9.59 Å². The van der Waals surface area contributed by atoms with E-state index >= 15 is 0 Å². The molecule has 0 aromatic heterocycles. The maximum atomic E-state index is 12.2. The van der Waals surface area contributed by atoms with Crippen LogP contribution in [0.2, 0.25) is 10.0 Å². The van der Waals surface area contributed by atoms with Crippen molar-refractivity contribution in [2.75, 3.05) is 0 Å². The maximum absolute atomic E-state index is 12.2. The third-order valence-corrected chi connectivity index (χ3v) is 4.56. The number of hydrazine groups is 1. The molecule has 0 unspecified atom stereocenters. The van der Waals surface area contributed by atoms with E-state index in [1.54, 1.807) is 12.1 Å². The van der Waals surface area contributed by atoms with Gasteiger partial charge in [-0.25, -0.2) is 0 Å². The first-order valence-corrected chi connectivity index (χ1v) is 8.31. The van der Waals surface area contributed by atoms with E-state index in [0.717, 1.165) is 16.3 Å². The van der Waals surface area contributed by atoms with Crippen molar-refractivity contribution in [3.05, 3.63) is 81.8 Å². The Hall–Kier alpha value is -2.56. The second kappa shape index (κ2) is 7.55. The number of halogens is 2. The molecule has 0 aliphatic heterocycles. The molecule has 3 aromatic carbocycles. The van der Waals surface area contributed by atoms with E-state index in [1.165, 1.54) is 6.07 Å². The monoisotopic (exact) mass is 372 g/mol. The number of fused-ring (bicyclic) bond motifs is 1. The molecule has 2 N–H and O–H groups in total. The van der Waals surface area contributed by atoms with E-state index in [0.29, 0.717) is 0 Å². The van der Waals surface area contributed by atoms with Crippen molar-refractivity contribution in [2.45, 2.75) is 6.42 Å². The van der Waals surface area contributed by atoms with Crippen LogP contribution in [0.4, 0.5) is 0 Å². The molecule has 0 aliphatic carbocycles. The van der Waals surface area contributed by atoms with Crippen LogP contribution in [-0.2, 0) is 11.2 Å². The molecule has 0 atom stereocenters. The number of carbonyl (C=O) groups is 2. The minimum atomic E-state index is -0.529. The molecule has 0 spiro atoms. The number of rotatable bonds is 3. The molecular formula is C19H14Cl2N2O2. The van der Waals surface area contributed by atoms with Gasteiger partial charge in [-0.2, -0.15) is 0 Å². The Morgan fingerprint density at radius 2 is 1.56 bits per heavy atom. The summed E-state index contributed by atoms with van der Waals surface area (Å²) < 4.78 is 0. The molecule has 0 saturated carbocycles. The van der Waals surface area contributed by atoms with Crippen molar-refractivity contribution in [3.63, 3.8) is 0 Å². The smallest absolute Gasteiger partial charge is 0.271 e. The van der Waals surface area contributed by atoms with Gasteiger partial charge in [0.15, 0.2) is 0 Å².